The van der Waals surface area contributed by atoms with Gasteiger partial charge in [0.2, 0.25) is 5.88 Å². The lowest BCUT2D eigenvalue weighted by atomic mass is 9.59. The van der Waals surface area contributed by atoms with E-state index in [1.165, 1.54) is 74.6 Å². The molecule has 5 saturated heterocycles. The summed E-state index contributed by atoms with van der Waals surface area (Å²) < 4.78 is 54.5. The Morgan fingerprint density at radius 1 is 0.810 bits per heavy atom. The van der Waals surface area contributed by atoms with Gasteiger partial charge in [0.05, 0.1) is 33.7 Å². The van der Waals surface area contributed by atoms with Gasteiger partial charge >= 0.3 is 0 Å². The average Bonchev–Trinajstić information content (AvgIpc) is 4.11. The smallest absolute Gasteiger partial charge is 0.293 e. The molecule has 2 saturated carbocycles. The highest BCUT2D eigenvalue weighted by Gasteiger charge is 2.51. The summed E-state index contributed by atoms with van der Waals surface area (Å²) in [5, 5.41) is 16.4. The zero-order chi connectivity index (χ0) is 53.9. The highest BCUT2D eigenvalue weighted by atomic mass is 32.2. The van der Waals surface area contributed by atoms with Gasteiger partial charge in [0, 0.05) is 114 Å². The third-order valence-electron chi connectivity index (χ3n) is 19.8. The molecule has 7 fully saturated rings. The van der Waals surface area contributed by atoms with E-state index in [-0.39, 0.29) is 33.5 Å². The molecule has 1 amide bonds. The van der Waals surface area contributed by atoms with Crippen LogP contribution in [0.25, 0.3) is 11.0 Å². The van der Waals surface area contributed by atoms with Crippen molar-refractivity contribution < 1.29 is 37.1 Å². The lowest BCUT2D eigenvalue weighted by Gasteiger charge is -2.59. The molecule has 0 unspecified atom stereocenters. The Hall–Kier alpha value is -5.83. The van der Waals surface area contributed by atoms with Gasteiger partial charge in [-0.2, -0.15) is 4.98 Å². The lowest BCUT2D eigenvalue weighted by Crippen LogP contribution is -2.61. The molecule has 5 aromatic rings. The molecule has 3 atom stereocenters. The summed E-state index contributed by atoms with van der Waals surface area (Å²) in [5.74, 6) is -0.207. The van der Waals surface area contributed by atoms with Crippen LogP contribution in [0.1, 0.15) is 111 Å². The van der Waals surface area contributed by atoms with Crippen LogP contribution in [-0.4, -0.2) is 142 Å². The minimum Gasteiger partial charge on any atom is -0.468 e. The fourth-order valence-electron chi connectivity index (χ4n) is 15.0. The number of hydrogen-bond acceptors (Lipinski definition) is 15. The lowest BCUT2D eigenvalue weighted by molar-refractivity contribution is -0.384. The standard InChI is InChI=1S/C60H75N9O9S/c1-40-4-2-3-5-47(40)54-38-66(43-10-16-59(17-11-43)20-30-76-31-21-59)25-26-67(54)45-35-60(36-45)18-23-65(24-19-60)44-6-8-48(51(33-44)68-50-15-29-77-39-55(50)78-58-53(68)32-42-12-22-61-56(42)63-58)57(70)64-79(73,74)46-7-9-49(52(34-46)69(71)72)62-37-41-13-27-75-28-14-41/h2-9,12,22,32-34,41,43,45,50,54-55,62H,10-11,13-21,23-31,35-39H2,1H3,(H,61,63)(H,64,70)/t50-,54-,55-/m0/s1. The Kier molecular flexibility index (Phi) is 14.3. The fourth-order valence-corrected chi connectivity index (χ4v) is 16.0. The van der Waals surface area contributed by atoms with E-state index in [0.717, 1.165) is 88.8 Å². The highest BCUT2D eigenvalue weighted by Crippen LogP contribution is 2.54. The summed E-state index contributed by atoms with van der Waals surface area (Å²) in [6.45, 7) is 11.7. The molecule has 19 heteroatoms. The zero-order valence-electron chi connectivity index (χ0n) is 45.4. The van der Waals surface area contributed by atoms with Crippen molar-refractivity contribution in [2.45, 2.75) is 126 Å². The third-order valence-corrected chi connectivity index (χ3v) is 21.1. The van der Waals surface area contributed by atoms with Crippen molar-refractivity contribution >= 4 is 55.4 Å². The van der Waals surface area contributed by atoms with Gasteiger partial charge in [-0.1, -0.05) is 24.3 Å². The molecule has 18 nitrogen and oxygen atoms in total. The van der Waals surface area contributed by atoms with Crippen LogP contribution in [0.4, 0.5) is 28.4 Å². The monoisotopic (exact) mass is 1100 g/mol. The van der Waals surface area contributed by atoms with Crippen LogP contribution < -0.4 is 24.6 Å². The van der Waals surface area contributed by atoms with Crippen LogP contribution in [0.3, 0.4) is 0 Å². The first-order valence-corrected chi connectivity index (χ1v) is 30.6. The molecule has 0 bridgehead atoms. The molecule has 6 aliphatic heterocycles. The Balaban J connectivity index is 0.747. The first-order chi connectivity index (χ1) is 38.4. The largest absolute Gasteiger partial charge is 0.468 e. The number of ether oxygens (including phenoxy) is 4. The topological polar surface area (TPSA) is 197 Å². The second-order valence-corrected chi connectivity index (χ2v) is 25.9. The van der Waals surface area contributed by atoms with Gasteiger partial charge in [-0.05, 0) is 161 Å². The molecule has 0 radical (unpaired) electrons. The highest BCUT2D eigenvalue weighted by molar-refractivity contribution is 7.90. The van der Waals surface area contributed by atoms with Crippen LogP contribution >= 0.6 is 0 Å². The number of nitrogens with one attached hydrogen (secondary N) is 3. The number of nitro groups is 1. The predicted molar refractivity (Wildman–Crippen MR) is 302 cm³/mol. The second-order valence-electron chi connectivity index (χ2n) is 24.2. The summed E-state index contributed by atoms with van der Waals surface area (Å²) in [4.78, 5) is 44.5. The van der Waals surface area contributed by atoms with Crippen molar-refractivity contribution in [2.24, 2.45) is 16.7 Å². The molecule has 2 aromatic heterocycles. The number of piperazine rings is 1. The molecule has 3 N–H and O–H groups in total. The maximum atomic E-state index is 14.8. The van der Waals surface area contributed by atoms with Crippen LogP contribution in [0.2, 0.25) is 0 Å². The van der Waals surface area contributed by atoms with Gasteiger partial charge in [0.1, 0.15) is 23.1 Å². The number of fused-ring (bicyclic) bond motifs is 3. The zero-order valence-corrected chi connectivity index (χ0v) is 46.2. The van der Waals surface area contributed by atoms with E-state index in [1.807, 2.05) is 30.5 Å². The molecule has 2 aliphatic carbocycles. The SMILES string of the molecule is Cc1ccccc1[C@@H]1CN(C2CCC3(CCOCC3)CC2)CCN1C1CC2(CCN(c3ccc(C(=O)NS(=O)(=O)c4ccc(NCC5CCOCC5)c([N+](=O)[O-])c4)c(N4c5cc6cc[nH]c6nc5O[C@H]5COCC[C@@H]54)c3)CC2)C1. The number of benzene rings is 3. The minimum absolute atomic E-state index is 0.133. The number of aromatic nitrogens is 2. The van der Waals surface area contributed by atoms with Crippen LogP contribution in [0.15, 0.2) is 83.9 Å². The molecule has 79 heavy (non-hydrogen) atoms. The number of aryl methyl sites for hydroxylation is 1. The average molecular weight is 1100 g/mol. The van der Waals surface area contributed by atoms with E-state index >= 15 is 0 Å². The molecule has 2 spiro atoms. The maximum absolute atomic E-state index is 14.8. The van der Waals surface area contributed by atoms with Crippen LogP contribution in [-0.2, 0) is 24.2 Å². The van der Waals surface area contributed by atoms with E-state index in [9.17, 15) is 23.3 Å². The number of pyridine rings is 1. The van der Waals surface area contributed by atoms with Crippen molar-refractivity contribution in [3.05, 3.63) is 106 Å². The summed E-state index contributed by atoms with van der Waals surface area (Å²) in [6.07, 6.45) is 15.8. The Bertz CT molecular complexity index is 3170. The molecular weight excluding hydrogens is 1020 g/mol. The molecule has 8 heterocycles. The Labute approximate surface area is 463 Å². The van der Waals surface area contributed by atoms with E-state index < -0.39 is 32.6 Å². The Morgan fingerprint density at radius 3 is 2.37 bits per heavy atom. The first kappa shape index (κ1) is 52.5. The van der Waals surface area contributed by atoms with Crippen LogP contribution in [0, 0.1) is 33.8 Å². The number of anilines is 4. The molecule has 3 aromatic carbocycles. The minimum atomic E-state index is -4.60. The van der Waals surface area contributed by atoms with Crippen molar-refractivity contribution in [1.29, 1.82) is 0 Å². The number of nitro benzene ring substituents is 1. The van der Waals surface area contributed by atoms with E-state index in [0.29, 0.717) is 85.8 Å². The summed E-state index contributed by atoms with van der Waals surface area (Å²) in [6, 6.07) is 23.7. The number of amides is 1. The predicted octanol–water partition coefficient (Wildman–Crippen LogP) is 9.27. The number of H-pyrrole nitrogens is 1. The molecule has 13 rings (SSSR count). The summed E-state index contributed by atoms with van der Waals surface area (Å²) >= 11 is 0. The number of sulfonamides is 1. The van der Waals surface area contributed by atoms with Crippen molar-refractivity contribution in [3.8, 4) is 5.88 Å². The number of carbonyl (C=O) groups is 1. The van der Waals surface area contributed by atoms with Gasteiger partial charge in [-0.3, -0.25) is 24.7 Å². The number of hydrogen-bond donors (Lipinski definition) is 3. The number of aromatic amines is 1. The number of nitrogens with zero attached hydrogens (tertiary/aromatic N) is 6. The normalized spacial score (nSPS) is 25.8. The van der Waals surface area contributed by atoms with Gasteiger partial charge in [-0.15, -0.1) is 0 Å². The van der Waals surface area contributed by atoms with Crippen molar-refractivity contribution in [1.82, 2.24) is 24.5 Å². The molecular formula is C60H75N9O9S. The number of piperidine rings is 1. The van der Waals surface area contributed by atoms with E-state index in [1.54, 1.807) is 6.07 Å². The van der Waals surface area contributed by atoms with Crippen molar-refractivity contribution in [3.63, 3.8) is 0 Å². The van der Waals surface area contributed by atoms with Crippen molar-refractivity contribution in [2.75, 3.05) is 94.0 Å². The quantitative estimate of drug-likeness (QED) is 0.0789. The Morgan fingerprint density at radius 2 is 1.58 bits per heavy atom. The van der Waals surface area contributed by atoms with Gasteiger partial charge in [0.25, 0.3) is 21.6 Å². The van der Waals surface area contributed by atoms with E-state index in [2.05, 4.69) is 65.8 Å². The summed E-state index contributed by atoms with van der Waals surface area (Å²) in [5.41, 5.74) is 6.33. The molecule has 420 valence electrons. The second kappa shape index (κ2) is 21.6. The third kappa shape index (κ3) is 10.4. The molecule has 8 aliphatic rings. The van der Waals surface area contributed by atoms with E-state index in [4.69, 9.17) is 23.9 Å². The number of carbonyl (C=O) groups excluding carboxylic acids is 1. The first-order valence-electron chi connectivity index (χ1n) is 29.1. The number of rotatable bonds is 12. The van der Waals surface area contributed by atoms with Crippen LogP contribution in [0.5, 0.6) is 5.88 Å². The van der Waals surface area contributed by atoms with Gasteiger partial charge in [0.15, 0.2) is 0 Å². The van der Waals surface area contributed by atoms with Gasteiger partial charge < -0.3 is 39.0 Å². The maximum Gasteiger partial charge on any atom is 0.293 e. The summed E-state index contributed by atoms with van der Waals surface area (Å²) in [7, 11) is -4.60. The fraction of sp³-hybridized carbons (Fsp3) is 0.567. The van der Waals surface area contributed by atoms with Gasteiger partial charge in [-0.25, -0.2) is 13.1 Å².